The van der Waals surface area contributed by atoms with Crippen molar-refractivity contribution in [3.63, 3.8) is 0 Å². The third-order valence-corrected chi connectivity index (χ3v) is 2.89. The van der Waals surface area contributed by atoms with Gasteiger partial charge in [-0.1, -0.05) is 29.8 Å². The Morgan fingerprint density at radius 2 is 1.90 bits per heavy atom. The van der Waals surface area contributed by atoms with E-state index in [9.17, 15) is 4.79 Å². The van der Waals surface area contributed by atoms with E-state index in [0.717, 1.165) is 0 Å². The lowest BCUT2D eigenvalue weighted by Gasteiger charge is -2.13. The van der Waals surface area contributed by atoms with Gasteiger partial charge < -0.3 is 14.6 Å². The van der Waals surface area contributed by atoms with Crippen LogP contribution >= 0.6 is 11.6 Å². The summed E-state index contributed by atoms with van der Waals surface area (Å²) in [7, 11) is 1.52. The van der Waals surface area contributed by atoms with E-state index in [4.69, 9.17) is 26.2 Å². The molecule has 20 heavy (non-hydrogen) atoms. The minimum atomic E-state index is -0.913. The molecule has 0 atom stereocenters. The Morgan fingerprint density at radius 1 is 1.15 bits per heavy atom. The molecule has 0 saturated carbocycles. The van der Waals surface area contributed by atoms with Gasteiger partial charge in [-0.2, -0.15) is 0 Å². The molecule has 0 saturated heterocycles. The van der Waals surface area contributed by atoms with Crippen LogP contribution in [-0.4, -0.2) is 18.2 Å². The fourth-order valence-electron chi connectivity index (χ4n) is 1.76. The van der Waals surface area contributed by atoms with Gasteiger partial charge in [-0.15, -0.1) is 0 Å². The fourth-order valence-corrected chi connectivity index (χ4v) is 1.92. The normalized spacial score (nSPS) is 10.1. The lowest BCUT2D eigenvalue weighted by Crippen LogP contribution is -2.02. The first-order valence-corrected chi connectivity index (χ1v) is 6.29. The number of carboxylic acids is 1. The number of methoxy groups -OCH3 is 1. The van der Waals surface area contributed by atoms with Gasteiger partial charge in [0.2, 0.25) is 0 Å². The molecule has 0 aliphatic carbocycles. The van der Waals surface area contributed by atoms with Crippen LogP contribution in [0.15, 0.2) is 42.5 Å². The van der Waals surface area contributed by atoms with E-state index >= 15 is 0 Å². The summed E-state index contributed by atoms with van der Waals surface area (Å²) in [6.07, 6.45) is -0.105. The second kappa shape index (κ2) is 6.30. The number of para-hydroxylation sites is 1. The largest absolute Gasteiger partial charge is 0.493 e. The highest BCUT2D eigenvalue weighted by molar-refractivity contribution is 6.30. The second-order valence-electron chi connectivity index (χ2n) is 4.08. The van der Waals surface area contributed by atoms with Crippen molar-refractivity contribution >= 4 is 17.6 Å². The Morgan fingerprint density at radius 3 is 2.60 bits per heavy atom. The average Bonchev–Trinajstić information content (AvgIpc) is 2.42. The zero-order chi connectivity index (χ0) is 14.5. The summed E-state index contributed by atoms with van der Waals surface area (Å²) in [4.78, 5) is 10.8. The molecule has 0 heterocycles. The molecule has 0 aromatic heterocycles. The molecular formula is C15H13ClO4. The lowest BCUT2D eigenvalue weighted by molar-refractivity contribution is -0.136. The number of rotatable bonds is 5. The Labute approximate surface area is 121 Å². The number of halogens is 1. The molecule has 2 aromatic rings. The molecule has 0 fully saturated rings. The van der Waals surface area contributed by atoms with Crippen LogP contribution in [0.2, 0.25) is 5.02 Å². The zero-order valence-electron chi connectivity index (χ0n) is 10.8. The van der Waals surface area contributed by atoms with Gasteiger partial charge in [0.25, 0.3) is 0 Å². The Bertz CT molecular complexity index is 625. The number of aliphatic carboxylic acids is 1. The molecular weight excluding hydrogens is 280 g/mol. The van der Waals surface area contributed by atoms with Crippen molar-refractivity contribution in [2.75, 3.05) is 7.11 Å². The van der Waals surface area contributed by atoms with Gasteiger partial charge in [0.15, 0.2) is 11.5 Å². The molecule has 2 rings (SSSR count). The summed E-state index contributed by atoms with van der Waals surface area (Å²) in [5, 5.41) is 9.43. The van der Waals surface area contributed by atoms with E-state index in [0.29, 0.717) is 27.8 Å². The van der Waals surface area contributed by atoms with Gasteiger partial charge >= 0.3 is 5.97 Å². The van der Waals surface area contributed by atoms with Gasteiger partial charge in [-0.3, -0.25) is 4.79 Å². The van der Waals surface area contributed by atoms with Crippen LogP contribution in [0.4, 0.5) is 0 Å². The molecule has 0 aliphatic heterocycles. The highest BCUT2D eigenvalue weighted by Crippen LogP contribution is 2.35. The summed E-state index contributed by atoms with van der Waals surface area (Å²) >= 11 is 5.89. The topological polar surface area (TPSA) is 55.8 Å². The molecule has 0 unspecified atom stereocenters. The zero-order valence-corrected chi connectivity index (χ0v) is 11.6. The van der Waals surface area contributed by atoms with Crippen molar-refractivity contribution in [1.29, 1.82) is 0 Å². The van der Waals surface area contributed by atoms with Crippen molar-refractivity contribution in [1.82, 2.24) is 0 Å². The first-order chi connectivity index (χ1) is 9.60. The van der Waals surface area contributed by atoms with Crippen molar-refractivity contribution < 1.29 is 19.4 Å². The SMILES string of the molecule is COc1cc(Cl)ccc1Oc1ccccc1CC(=O)O. The van der Waals surface area contributed by atoms with Crippen LogP contribution in [0, 0.1) is 0 Å². The number of hydrogen-bond donors (Lipinski definition) is 1. The highest BCUT2D eigenvalue weighted by Gasteiger charge is 2.11. The molecule has 0 amide bonds. The van der Waals surface area contributed by atoms with Gasteiger partial charge in [0.05, 0.1) is 13.5 Å². The molecule has 0 radical (unpaired) electrons. The molecule has 104 valence electrons. The van der Waals surface area contributed by atoms with Gasteiger partial charge in [0, 0.05) is 16.7 Å². The number of carboxylic acid groups (broad SMARTS) is 1. The lowest BCUT2D eigenvalue weighted by atomic mass is 10.1. The Hall–Kier alpha value is -2.20. The van der Waals surface area contributed by atoms with Crippen molar-refractivity contribution in [2.24, 2.45) is 0 Å². The maximum absolute atomic E-state index is 10.8. The van der Waals surface area contributed by atoms with E-state index in [1.807, 2.05) is 0 Å². The first kappa shape index (κ1) is 14.2. The molecule has 2 aromatic carbocycles. The summed E-state index contributed by atoms with van der Waals surface area (Å²) in [6, 6.07) is 12.0. The predicted octanol–water partition coefficient (Wildman–Crippen LogP) is 3.77. The molecule has 0 spiro atoms. The van der Waals surface area contributed by atoms with E-state index in [1.165, 1.54) is 7.11 Å². The van der Waals surface area contributed by atoms with Crippen molar-refractivity contribution in [3.05, 3.63) is 53.1 Å². The number of carbonyl (C=O) groups is 1. The van der Waals surface area contributed by atoms with E-state index in [2.05, 4.69) is 0 Å². The third kappa shape index (κ3) is 3.42. The van der Waals surface area contributed by atoms with Gasteiger partial charge in [0.1, 0.15) is 5.75 Å². The summed E-state index contributed by atoms with van der Waals surface area (Å²) in [6.45, 7) is 0. The quantitative estimate of drug-likeness (QED) is 0.911. The third-order valence-electron chi connectivity index (χ3n) is 2.66. The number of hydrogen-bond acceptors (Lipinski definition) is 3. The summed E-state index contributed by atoms with van der Waals surface area (Å²) < 4.78 is 10.9. The summed E-state index contributed by atoms with van der Waals surface area (Å²) in [5.41, 5.74) is 0.594. The van der Waals surface area contributed by atoms with Crippen molar-refractivity contribution in [3.8, 4) is 17.2 Å². The molecule has 0 aliphatic rings. The van der Waals surface area contributed by atoms with Crippen LogP contribution in [-0.2, 0) is 11.2 Å². The Balaban J connectivity index is 2.32. The van der Waals surface area contributed by atoms with Crippen LogP contribution in [0.5, 0.6) is 17.2 Å². The number of ether oxygens (including phenoxy) is 2. The number of benzene rings is 2. The predicted molar refractivity (Wildman–Crippen MR) is 75.9 cm³/mol. The highest BCUT2D eigenvalue weighted by atomic mass is 35.5. The molecule has 5 heteroatoms. The Kier molecular flexibility index (Phi) is 4.48. The minimum absolute atomic E-state index is 0.105. The first-order valence-electron chi connectivity index (χ1n) is 5.91. The molecule has 4 nitrogen and oxygen atoms in total. The van der Waals surface area contributed by atoms with Gasteiger partial charge in [-0.05, 0) is 18.2 Å². The van der Waals surface area contributed by atoms with Crippen LogP contribution in [0.1, 0.15) is 5.56 Å². The van der Waals surface area contributed by atoms with E-state index < -0.39 is 5.97 Å². The second-order valence-corrected chi connectivity index (χ2v) is 4.51. The van der Waals surface area contributed by atoms with Crippen LogP contribution in [0.3, 0.4) is 0 Å². The smallest absolute Gasteiger partial charge is 0.307 e. The standard InChI is InChI=1S/C15H13ClO4/c1-19-14-9-11(16)6-7-13(14)20-12-5-3-2-4-10(12)8-15(17)18/h2-7,9H,8H2,1H3,(H,17,18). The maximum Gasteiger partial charge on any atom is 0.307 e. The molecule has 1 N–H and O–H groups in total. The fraction of sp³-hybridized carbons (Fsp3) is 0.133. The minimum Gasteiger partial charge on any atom is -0.493 e. The maximum atomic E-state index is 10.8. The van der Waals surface area contributed by atoms with Gasteiger partial charge in [-0.25, -0.2) is 0 Å². The van der Waals surface area contributed by atoms with E-state index in [1.54, 1.807) is 42.5 Å². The van der Waals surface area contributed by atoms with Crippen molar-refractivity contribution in [2.45, 2.75) is 6.42 Å². The van der Waals surface area contributed by atoms with E-state index in [-0.39, 0.29) is 6.42 Å². The summed E-state index contributed by atoms with van der Waals surface area (Å²) in [5.74, 6) is 0.539. The molecule has 0 bridgehead atoms. The van der Waals surface area contributed by atoms with Crippen LogP contribution < -0.4 is 9.47 Å². The average molecular weight is 293 g/mol. The monoisotopic (exact) mass is 292 g/mol. The van der Waals surface area contributed by atoms with Crippen LogP contribution in [0.25, 0.3) is 0 Å².